The highest BCUT2D eigenvalue weighted by Gasteiger charge is 2.16. The van der Waals surface area contributed by atoms with Gasteiger partial charge in [0.05, 0.1) is 11.6 Å². The largest absolute Gasteiger partial charge is 0.279 e. The molecule has 102 valence electrons. The fourth-order valence-corrected chi connectivity index (χ4v) is 3.41. The van der Waals surface area contributed by atoms with Crippen LogP contribution in [-0.2, 0) is 5.88 Å². The number of aromatic nitrogens is 3. The summed E-state index contributed by atoms with van der Waals surface area (Å²) in [6, 6.07) is 8.03. The Balaban J connectivity index is 2.40. The van der Waals surface area contributed by atoms with Gasteiger partial charge in [-0.3, -0.25) is 4.57 Å². The Hall–Kier alpha value is -1.39. The lowest BCUT2D eigenvalue weighted by Gasteiger charge is -2.14. The van der Waals surface area contributed by atoms with Crippen molar-refractivity contribution in [3.8, 4) is 5.69 Å². The summed E-state index contributed by atoms with van der Waals surface area (Å²) in [5.41, 5.74) is 5.13. The molecule has 1 aromatic carbocycles. The van der Waals surface area contributed by atoms with E-state index in [1.807, 2.05) is 12.1 Å². The van der Waals surface area contributed by atoms with E-state index in [-0.39, 0.29) is 0 Å². The highest BCUT2D eigenvalue weighted by molar-refractivity contribution is 9.10. The van der Waals surface area contributed by atoms with E-state index in [0.717, 1.165) is 38.3 Å². The number of hydrogen-bond acceptors (Lipinski definition) is 2. The predicted molar refractivity (Wildman–Crippen MR) is 85.6 cm³/mol. The van der Waals surface area contributed by atoms with Crippen LogP contribution < -0.4 is 0 Å². The fraction of sp³-hybridized carbons (Fsp3) is 0.200. The maximum Gasteiger partial charge on any atom is 0.164 e. The summed E-state index contributed by atoms with van der Waals surface area (Å²) in [7, 11) is 0. The first-order chi connectivity index (χ1) is 9.61. The number of imidazole rings is 1. The smallest absolute Gasteiger partial charge is 0.164 e. The highest BCUT2D eigenvalue weighted by atomic mass is 79.9. The van der Waals surface area contributed by atoms with Gasteiger partial charge in [0.2, 0.25) is 0 Å². The minimum Gasteiger partial charge on any atom is -0.279 e. The maximum absolute atomic E-state index is 6.07. The number of rotatable bonds is 2. The molecule has 0 fully saturated rings. The molecule has 0 saturated heterocycles. The Morgan fingerprint density at radius 3 is 2.60 bits per heavy atom. The SMILES string of the molecule is Cc1cc(Br)cc(C)c1-n1c(CCl)nc2cccnc21. The molecule has 2 heterocycles. The number of halogens is 2. The van der Waals surface area contributed by atoms with Gasteiger partial charge in [0.1, 0.15) is 11.3 Å². The Morgan fingerprint density at radius 1 is 1.25 bits per heavy atom. The molecule has 0 N–H and O–H groups in total. The topological polar surface area (TPSA) is 30.7 Å². The lowest BCUT2D eigenvalue weighted by atomic mass is 10.1. The van der Waals surface area contributed by atoms with E-state index in [1.165, 1.54) is 0 Å². The molecule has 0 amide bonds. The molecule has 0 atom stereocenters. The van der Waals surface area contributed by atoms with Crippen LogP contribution in [0.5, 0.6) is 0 Å². The van der Waals surface area contributed by atoms with Gasteiger partial charge in [-0.15, -0.1) is 11.6 Å². The van der Waals surface area contributed by atoms with Crippen LogP contribution in [0.1, 0.15) is 17.0 Å². The van der Waals surface area contributed by atoms with Crippen LogP contribution in [0.15, 0.2) is 34.9 Å². The average molecular weight is 351 g/mol. The lowest BCUT2D eigenvalue weighted by Crippen LogP contribution is -2.05. The number of aryl methyl sites for hydroxylation is 2. The molecule has 3 rings (SSSR count). The summed E-state index contributed by atoms with van der Waals surface area (Å²) in [5.74, 6) is 1.17. The van der Waals surface area contributed by atoms with Crippen LogP contribution in [0.2, 0.25) is 0 Å². The van der Waals surface area contributed by atoms with Crippen molar-refractivity contribution >= 4 is 38.7 Å². The third-order valence-corrected chi connectivity index (χ3v) is 3.98. The first-order valence-corrected chi connectivity index (χ1v) is 7.60. The second-order valence-electron chi connectivity index (χ2n) is 4.73. The fourth-order valence-electron chi connectivity index (χ4n) is 2.54. The molecular weight excluding hydrogens is 338 g/mol. The van der Waals surface area contributed by atoms with Crippen molar-refractivity contribution in [3.05, 3.63) is 51.9 Å². The Bertz CT molecular complexity index is 772. The summed E-state index contributed by atoms with van der Waals surface area (Å²) in [5, 5.41) is 0. The number of benzene rings is 1. The van der Waals surface area contributed by atoms with E-state index in [9.17, 15) is 0 Å². The summed E-state index contributed by atoms with van der Waals surface area (Å²) in [6.07, 6.45) is 1.78. The second-order valence-corrected chi connectivity index (χ2v) is 5.91. The molecule has 0 radical (unpaired) electrons. The minimum atomic E-state index is 0.352. The molecule has 0 spiro atoms. The van der Waals surface area contributed by atoms with Gasteiger partial charge < -0.3 is 0 Å². The quantitative estimate of drug-likeness (QED) is 0.635. The van der Waals surface area contributed by atoms with Crippen molar-refractivity contribution in [1.82, 2.24) is 14.5 Å². The highest BCUT2D eigenvalue weighted by Crippen LogP contribution is 2.28. The molecule has 3 nitrogen and oxygen atoms in total. The maximum atomic E-state index is 6.07. The molecule has 2 aromatic heterocycles. The summed E-state index contributed by atoms with van der Waals surface area (Å²) >= 11 is 9.60. The van der Waals surface area contributed by atoms with Gasteiger partial charge in [0, 0.05) is 10.7 Å². The van der Waals surface area contributed by atoms with Crippen molar-refractivity contribution < 1.29 is 0 Å². The van der Waals surface area contributed by atoms with Gasteiger partial charge >= 0.3 is 0 Å². The molecular formula is C15H13BrClN3. The third kappa shape index (κ3) is 2.13. The minimum absolute atomic E-state index is 0.352. The normalized spacial score (nSPS) is 11.2. The van der Waals surface area contributed by atoms with Crippen molar-refractivity contribution in [2.45, 2.75) is 19.7 Å². The molecule has 0 aliphatic heterocycles. The summed E-state index contributed by atoms with van der Waals surface area (Å²) < 4.78 is 3.13. The molecule has 0 aliphatic rings. The summed E-state index contributed by atoms with van der Waals surface area (Å²) in [4.78, 5) is 9.03. The Labute approximate surface area is 130 Å². The zero-order valence-corrected chi connectivity index (χ0v) is 13.5. The molecule has 0 saturated carbocycles. The Kier molecular flexibility index (Phi) is 3.52. The van der Waals surface area contributed by atoms with Gasteiger partial charge in [0.15, 0.2) is 5.65 Å². The van der Waals surface area contributed by atoms with E-state index in [2.05, 4.69) is 56.4 Å². The van der Waals surface area contributed by atoms with Gasteiger partial charge in [-0.1, -0.05) is 15.9 Å². The van der Waals surface area contributed by atoms with E-state index in [4.69, 9.17) is 11.6 Å². The van der Waals surface area contributed by atoms with Crippen LogP contribution in [0.3, 0.4) is 0 Å². The molecule has 5 heteroatoms. The van der Waals surface area contributed by atoms with Crippen LogP contribution in [0.4, 0.5) is 0 Å². The molecule has 0 aliphatic carbocycles. The van der Waals surface area contributed by atoms with Gasteiger partial charge in [-0.05, 0) is 49.2 Å². The van der Waals surface area contributed by atoms with Gasteiger partial charge in [-0.25, -0.2) is 9.97 Å². The van der Waals surface area contributed by atoms with E-state index >= 15 is 0 Å². The van der Waals surface area contributed by atoms with Crippen LogP contribution in [0, 0.1) is 13.8 Å². The predicted octanol–water partition coefficient (Wildman–Crippen LogP) is 4.54. The molecule has 0 unspecified atom stereocenters. The first kappa shape index (κ1) is 13.6. The van der Waals surface area contributed by atoms with E-state index < -0.39 is 0 Å². The van der Waals surface area contributed by atoms with Crippen LogP contribution in [0.25, 0.3) is 16.9 Å². The van der Waals surface area contributed by atoms with Gasteiger partial charge in [-0.2, -0.15) is 0 Å². The summed E-state index contributed by atoms with van der Waals surface area (Å²) in [6.45, 7) is 4.17. The number of nitrogens with zero attached hydrogens (tertiary/aromatic N) is 3. The van der Waals surface area contributed by atoms with Crippen molar-refractivity contribution in [3.63, 3.8) is 0 Å². The van der Waals surface area contributed by atoms with E-state index in [1.54, 1.807) is 6.20 Å². The van der Waals surface area contributed by atoms with Crippen LogP contribution >= 0.6 is 27.5 Å². The number of hydrogen-bond donors (Lipinski definition) is 0. The lowest BCUT2D eigenvalue weighted by molar-refractivity contribution is 0.950. The van der Waals surface area contributed by atoms with Crippen molar-refractivity contribution in [2.24, 2.45) is 0 Å². The monoisotopic (exact) mass is 349 g/mol. The average Bonchev–Trinajstić information content (AvgIpc) is 2.76. The first-order valence-electron chi connectivity index (χ1n) is 6.27. The zero-order valence-electron chi connectivity index (χ0n) is 11.2. The van der Waals surface area contributed by atoms with Crippen LogP contribution in [-0.4, -0.2) is 14.5 Å². The number of pyridine rings is 1. The zero-order chi connectivity index (χ0) is 14.3. The molecule has 20 heavy (non-hydrogen) atoms. The van der Waals surface area contributed by atoms with E-state index in [0.29, 0.717) is 5.88 Å². The Morgan fingerprint density at radius 2 is 1.95 bits per heavy atom. The standard InChI is InChI=1S/C15H13BrClN3/c1-9-6-11(16)7-10(2)14(9)20-13(8-17)19-12-4-3-5-18-15(12)20/h3-7H,8H2,1-2H3. The molecule has 0 bridgehead atoms. The third-order valence-electron chi connectivity index (χ3n) is 3.28. The second kappa shape index (κ2) is 5.19. The number of alkyl halides is 1. The number of fused-ring (bicyclic) bond motifs is 1. The van der Waals surface area contributed by atoms with Crippen molar-refractivity contribution in [2.75, 3.05) is 0 Å². The molecule has 3 aromatic rings. The van der Waals surface area contributed by atoms with Gasteiger partial charge in [0.25, 0.3) is 0 Å². The van der Waals surface area contributed by atoms with Crippen molar-refractivity contribution in [1.29, 1.82) is 0 Å².